The zero-order valence-electron chi connectivity index (χ0n) is 18.8. The molecule has 1 heterocycles. The summed E-state index contributed by atoms with van der Waals surface area (Å²) in [6.45, 7) is 0. The zero-order valence-corrected chi connectivity index (χ0v) is 18.8. The molecule has 4 rings (SSSR count). The van der Waals surface area contributed by atoms with E-state index in [0.29, 0.717) is 36.5 Å². The van der Waals surface area contributed by atoms with Crippen LogP contribution in [0.15, 0.2) is 79.1 Å². The summed E-state index contributed by atoms with van der Waals surface area (Å²) in [5.74, 6) is 1.01. The van der Waals surface area contributed by atoms with Crippen LogP contribution in [0.3, 0.4) is 0 Å². The molecule has 1 aromatic heterocycles. The number of nitrogens with zero attached hydrogens (tertiary/aromatic N) is 3. The van der Waals surface area contributed by atoms with Gasteiger partial charge in [0.2, 0.25) is 0 Å². The Morgan fingerprint density at radius 2 is 1.69 bits per heavy atom. The summed E-state index contributed by atoms with van der Waals surface area (Å²) in [5, 5.41) is 4.40. The first-order valence-electron chi connectivity index (χ1n) is 10.8. The number of hydrogen-bond acceptors (Lipinski definition) is 5. The normalized spacial score (nSPS) is 11.3. The second kappa shape index (κ2) is 10.4. The topological polar surface area (TPSA) is 66.2 Å². The number of hydrogen-bond donors (Lipinski definition) is 0. The average Bonchev–Trinajstić information content (AvgIpc) is 3.33. The van der Waals surface area contributed by atoms with Crippen LogP contribution in [0.1, 0.15) is 17.5 Å². The summed E-state index contributed by atoms with van der Waals surface area (Å²) in [4.78, 5) is 16.7. The fourth-order valence-corrected chi connectivity index (χ4v) is 3.57. The van der Waals surface area contributed by atoms with Crippen molar-refractivity contribution in [3.05, 3.63) is 90.3 Å². The molecule has 6 nitrogen and oxygen atoms in total. The number of halogens is 3. The van der Waals surface area contributed by atoms with Crippen molar-refractivity contribution in [3.63, 3.8) is 0 Å². The predicted octanol–water partition coefficient (Wildman–Crippen LogP) is 5.59. The van der Waals surface area contributed by atoms with Crippen LogP contribution in [-0.2, 0) is 17.6 Å². The van der Waals surface area contributed by atoms with E-state index in [4.69, 9.17) is 4.74 Å². The number of carbonyl (C=O) groups is 1. The lowest BCUT2D eigenvalue weighted by atomic mass is 10.0. The third-order valence-corrected chi connectivity index (χ3v) is 5.31. The van der Waals surface area contributed by atoms with Crippen molar-refractivity contribution in [2.45, 2.75) is 25.6 Å². The van der Waals surface area contributed by atoms with Crippen molar-refractivity contribution in [3.8, 4) is 28.6 Å². The molecule has 0 aliphatic heterocycles. The first-order valence-corrected chi connectivity index (χ1v) is 10.8. The van der Waals surface area contributed by atoms with Gasteiger partial charge in [0, 0.05) is 24.0 Å². The van der Waals surface area contributed by atoms with Gasteiger partial charge in [-0.1, -0.05) is 42.5 Å². The van der Waals surface area contributed by atoms with Gasteiger partial charge in [0.25, 0.3) is 0 Å². The van der Waals surface area contributed by atoms with Crippen LogP contribution in [0.2, 0.25) is 0 Å². The van der Waals surface area contributed by atoms with Crippen LogP contribution in [0.5, 0.6) is 11.5 Å². The van der Waals surface area contributed by atoms with Gasteiger partial charge in [-0.05, 0) is 42.3 Å². The maximum atomic E-state index is 12.4. The number of methoxy groups -OCH3 is 1. The number of alkyl halides is 3. The molecule has 0 saturated heterocycles. The minimum absolute atomic E-state index is 0.130. The molecule has 0 aliphatic rings. The Kier molecular flexibility index (Phi) is 7.14. The Morgan fingerprint density at radius 3 is 2.37 bits per heavy atom. The number of benzene rings is 3. The molecule has 0 atom stereocenters. The van der Waals surface area contributed by atoms with Gasteiger partial charge in [-0.2, -0.15) is 0 Å². The molecule has 0 saturated carbocycles. The van der Waals surface area contributed by atoms with Crippen LogP contribution in [0, 0.1) is 0 Å². The molecule has 0 amide bonds. The molecule has 0 radical (unpaired) electrons. The van der Waals surface area contributed by atoms with E-state index in [1.54, 1.807) is 7.11 Å². The first kappa shape index (κ1) is 24.0. The lowest BCUT2D eigenvalue weighted by Crippen LogP contribution is -2.17. The highest BCUT2D eigenvalue weighted by Gasteiger charge is 2.31. The quantitative estimate of drug-likeness (QED) is 0.312. The minimum Gasteiger partial charge on any atom is -0.496 e. The van der Waals surface area contributed by atoms with E-state index in [0.717, 1.165) is 16.7 Å². The maximum Gasteiger partial charge on any atom is 0.573 e. The van der Waals surface area contributed by atoms with Gasteiger partial charge in [0.15, 0.2) is 5.82 Å². The van der Waals surface area contributed by atoms with E-state index in [1.165, 1.54) is 35.3 Å². The molecule has 9 heteroatoms. The van der Waals surface area contributed by atoms with Gasteiger partial charge in [0.05, 0.1) is 12.8 Å². The average molecular weight is 481 g/mol. The number of ketones is 1. The summed E-state index contributed by atoms with van der Waals surface area (Å²) < 4.78 is 47.6. The minimum atomic E-state index is -4.74. The van der Waals surface area contributed by atoms with E-state index in [1.807, 2.05) is 48.5 Å². The van der Waals surface area contributed by atoms with Crippen molar-refractivity contribution in [2.75, 3.05) is 7.11 Å². The largest absolute Gasteiger partial charge is 0.573 e. The van der Waals surface area contributed by atoms with E-state index in [2.05, 4.69) is 14.8 Å². The molecule has 0 bridgehead atoms. The van der Waals surface area contributed by atoms with Crippen LogP contribution < -0.4 is 9.47 Å². The van der Waals surface area contributed by atoms with Crippen molar-refractivity contribution in [2.24, 2.45) is 0 Å². The molecular weight excluding hydrogens is 459 g/mol. The van der Waals surface area contributed by atoms with Crippen LogP contribution in [0.25, 0.3) is 17.1 Å². The zero-order chi connectivity index (χ0) is 24.8. The Hall–Kier alpha value is -4.14. The molecule has 0 spiro atoms. The third-order valence-electron chi connectivity index (χ3n) is 5.31. The van der Waals surface area contributed by atoms with Gasteiger partial charge in [-0.25, -0.2) is 9.67 Å². The molecule has 35 heavy (non-hydrogen) atoms. The van der Waals surface area contributed by atoms with Crippen LogP contribution in [0.4, 0.5) is 13.2 Å². The van der Waals surface area contributed by atoms with Crippen molar-refractivity contribution in [1.29, 1.82) is 0 Å². The van der Waals surface area contributed by atoms with Gasteiger partial charge in [0.1, 0.15) is 23.6 Å². The molecule has 0 fully saturated rings. The molecule has 4 aromatic rings. The number of Topliss-reactive ketones (excluding diaryl/α,β-unsaturated/α-hetero) is 1. The summed E-state index contributed by atoms with van der Waals surface area (Å²) in [6, 6.07) is 20.4. The molecule has 0 aliphatic carbocycles. The highest BCUT2D eigenvalue weighted by atomic mass is 19.4. The van der Waals surface area contributed by atoms with Crippen molar-refractivity contribution >= 4 is 5.78 Å². The van der Waals surface area contributed by atoms with E-state index < -0.39 is 6.36 Å². The summed E-state index contributed by atoms with van der Waals surface area (Å²) >= 11 is 0. The Bertz CT molecular complexity index is 1280. The van der Waals surface area contributed by atoms with E-state index in [-0.39, 0.29) is 11.5 Å². The maximum absolute atomic E-state index is 12.4. The summed E-state index contributed by atoms with van der Waals surface area (Å²) in [6.07, 6.45) is -1.90. The molecule has 180 valence electrons. The predicted molar refractivity (Wildman–Crippen MR) is 124 cm³/mol. The fourth-order valence-electron chi connectivity index (χ4n) is 3.57. The lowest BCUT2D eigenvalue weighted by Gasteiger charge is -2.09. The Morgan fingerprint density at radius 1 is 0.971 bits per heavy atom. The lowest BCUT2D eigenvalue weighted by molar-refractivity contribution is -0.274. The van der Waals surface area contributed by atoms with Gasteiger partial charge >= 0.3 is 6.36 Å². The molecular formula is C26H22F3N3O3. The van der Waals surface area contributed by atoms with E-state index in [9.17, 15) is 18.0 Å². The second-order valence-electron chi connectivity index (χ2n) is 7.78. The number of aromatic nitrogens is 3. The van der Waals surface area contributed by atoms with Crippen LogP contribution >= 0.6 is 0 Å². The van der Waals surface area contributed by atoms with Gasteiger partial charge < -0.3 is 9.47 Å². The monoisotopic (exact) mass is 481 g/mol. The number of para-hydroxylation sites is 1. The van der Waals surface area contributed by atoms with Crippen molar-refractivity contribution < 1.29 is 27.4 Å². The first-order chi connectivity index (χ1) is 16.8. The third kappa shape index (κ3) is 6.47. The van der Waals surface area contributed by atoms with Gasteiger partial charge in [-0.3, -0.25) is 4.79 Å². The highest BCUT2D eigenvalue weighted by Crippen LogP contribution is 2.24. The SMILES string of the molecule is COc1ccccc1CC(=O)CCc1ccc(-c2ncn(-c3ccc(OC(F)(F)F)cc3)n2)cc1. The van der Waals surface area contributed by atoms with Gasteiger partial charge in [-0.15, -0.1) is 18.3 Å². The number of aryl methyl sites for hydroxylation is 1. The molecule has 0 unspecified atom stereocenters. The number of carbonyl (C=O) groups excluding carboxylic acids is 1. The fraction of sp³-hybridized carbons (Fsp3) is 0.192. The van der Waals surface area contributed by atoms with Crippen LogP contribution in [-0.4, -0.2) is 34.0 Å². The Labute approximate surface area is 200 Å². The Balaban J connectivity index is 1.35. The number of rotatable bonds is 9. The smallest absolute Gasteiger partial charge is 0.496 e. The van der Waals surface area contributed by atoms with E-state index >= 15 is 0 Å². The highest BCUT2D eigenvalue weighted by molar-refractivity contribution is 5.81. The molecule has 0 N–H and O–H groups in total. The molecule has 3 aromatic carbocycles. The second-order valence-corrected chi connectivity index (χ2v) is 7.78. The summed E-state index contributed by atoms with van der Waals surface area (Å²) in [5.41, 5.74) is 3.22. The number of ether oxygens (including phenoxy) is 2. The summed E-state index contributed by atoms with van der Waals surface area (Å²) in [7, 11) is 1.59. The van der Waals surface area contributed by atoms with Crippen molar-refractivity contribution in [1.82, 2.24) is 14.8 Å². The standard InChI is InChI=1S/C26H22F3N3O3/c1-34-24-5-3-2-4-20(24)16-22(33)13-8-18-6-9-19(10-7-18)25-30-17-32(31-25)21-11-14-23(15-12-21)35-26(27,28)29/h2-7,9-12,14-15,17H,8,13,16H2,1H3.